The normalized spacial score (nSPS) is 13.1. The van der Waals surface area contributed by atoms with Gasteiger partial charge in [0.2, 0.25) is 5.75 Å². The van der Waals surface area contributed by atoms with Crippen LogP contribution in [-0.4, -0.2) is 30.8 Å². The Kier molecular flexibility index (Phi) is 7.12. The number of anilines is 1. The first kappa shape index (κ1) is 25.1. The van der Waals surface area contributed by atoms with Crippen LogP contribution in [0.25, 0.3) is 10.9 Å². The number of nitrogens with zero attached hydrogens (tertiary/aromatic N) is 1. The molecular weight excluding hydrogens is 496 g/mol. The van der Waals surface area contributed by atoms with Gasteiger partial charge in [-0.15, -0.1) is 0 Å². The summed E-state index contributed by atoms with van der Waals surface area (Å²) in [6.07, 6.45) is 1.54. The number of pyridine rings is 1. The number of carbonyl (C=O) groups excluding carboxylic acids is 1. The highest BCUT2D eigenvalue weighted by Crippen LogP contribution is 2.48. The SMILES string of the molecule is CCOc1cc2nccc(Oc3ccc(NC(=O)NC(C)c4cccc(F)c4)cc3F)c2c2c1OCCO2. The topological polar surface area (TPSA) is 90.9 Å². The largest absolute Gasteiger partial charge is 0.490 e. The molecule has 1 unspecified atom stereocenters. The van der Waals surface area contributed by atoms with Gasteiger partial charge in [-0.05, 0) is 49.7 Å². The molecule has 10 heteroatoms. The van der Waals surface area contributed by atoms with Gasteiger partial charge in [-0.3, -0.25) is 4.98 Å². The van der Waals surface area contributed by atoms with Crippen LogP contribution in [0.5, 0.6) is 28.7 Å². The molecule has 0 fully saturated rings. The summed E-state index contributed by atoms with van der Waals surface area (Å²) in [4.78, 5) is 16.8. The number of ether oxygens (including phenoxy) is 4. The molecule has 0 saturated heterocycles. The molecule has 1 atom stereocenters. The first-order chi connectivity index (χ1) is 18.4. The summed E-state index contributed by atoms with van der Waals surface area (Å²) in [5.74, 6) is 0.543. The van der Waals surface area contributed by atoms with Crippen molar-refractivity contribution in [2.75, 3.05) is 25.1 Å². The summed E-state index contributed by atoms with van der Waals surface area (Å²) in [5.41, 5.74) is 1.36. The van der Waals surface area contributed by atoms with E-state index in [1.54, 1.807) is 37.4 Å². The molecule has 0 aliphatic carbocycles. The highest BCUT2D eigenvalue weighted by molar-refractivity contribution is 5.95. The Bertz CT molecular complexity index is 1500. The van der Waals surface area contributed by atoms with E-state index in [9.17, 15) is 9.18 Å². The Morgan fingerprint density at radius 3 is 2.61 bits per heavy atom. The van der Waals surface area contributed by atoms with E-state index in [0.29, 0.717) is 59.3 Å². The number of aromatic nitrogens is 1. The van der Waals surface area contributed by atoms with Crippen molar-refractivity contribution in [3.8, 4) is 28.7 Å². The fraction of sp³-hybridized carbons (Fsp3) is 0.214. The van der Waals surface area contributed by atoms with Crippen molar-refractivity contribution < 1.29 is 32.5 Å². The molecule has 1 aliphatic rings. The van der Waals surface area contributed by atoms with E-state index in [2.05, 4.69) is 15.6 Å². The highest BCUT2D eigenvalue weighted by Gasteiger charge is 2.25. The summed E-state index contributed by atoms with van der Waals surface area (Å²) < 4.78 is 51.8. The van der Waals surface area contributed by atoms with E-state index in [4.69, 9.17) is 18.9 Å². The number of fused-ring (bicyclic) bond motifs is 3. The maximum Gasteiger partial charge on any atom is 0.319 e. The number of benzene rings is 3. The van der Waals surface area contributed by atoms with Crippen molar-refractivity contribution >= 4 is 22.6 Å². The molecule has 3 aromatic carbocycles. The lowest BCUT2D eigenvalue weighted by Crippen LogP contribution is -2.31. The fourth-order valence-electron chi connectivity index (χ4n) is 4.12. The second-order valence-electron chi connectivity index (χ2n) is 8.49. The number of halogens is 2. The molecule has 1 aromatic heterocycles. The van der Waals surface area contributed by atoms with E-state index >= 15 is 4.39 Å². The maximum absolute atomic E-state index is 15.0. The van der Waals surface area contributed by atoms with Crippen molar-refractivity contribution in [2.24, 2.45) is 0 Å². The molecule has 2 heterocycles. The number of amides is 2. The average molecular weight is 522 g/mol. The molecule has 196 valence electrons. The molecule has 8 nitrogen and oxygen atoms in total. The third-order valence-corrected chi connectivity index (χ3v) is 5.85. The third kappa shape index (κ3) is 5.24. The summed E-state index contributed by atoms with van der Waals surface area (Å²) >= 11 is 0. The van der Waals surface area contributed by atoms with Crippen molar-refractivity contribution in [2.45, 2.75) is 19.9 Å². The van der Waals surface area contributed by atoms with E-state index in [-0.39, 0.29) is 11.4 Å². The third-order valence-electron chi connectivity index (χ3n) is 5.85. The number of nitrogens with one attached hydrogen (secondary N) is 2. The van der Waals surface area contributed by atoms with Gasteiger partial charge in [-0.2, -0.15) is 0 Å². The van der Waals surface area contributed by atoms with Crippen LogP contribution in [0.2, 0.25) is 0 Å². The summed E-state index contributed by atoms with van der Waals surface area (Å²) in [5, 5.41) is 5.80. The van der Waals surface area contributed by atoms with Crippen LogP contribution in [0.1, 0.15) is 25.5 Å². The molecule has 1 aliphatic heterocycles. The molecule has 2 N–H and O–H groups in total. The first-order valence-electron chi connectivity index (χ1n) is 12.1. The van der Waals surface area contributed by atoms with Crippen molar-refractivity contribution in [1.82, 2.24) is 10.3 Å². The van der Waals surface area contributed by atoms with Crippen LogP contribution in [-0.2, 0) is 0 Å². The molecular formula is C28H25F2N3O5. The van der Waals surface area contributed by atoms with E-state index in [1.807, 2.05) is 6.92 Å². The zero-order valence-corrected chi connectivity index (χ0v) is 20.7. The average Bonchev–Trinajstić information content (AvgIpc) is 2.90. The molecule has 0 saturated carbocycles. The molecule has 5 rings (SSSR count). The number of hydrogen-bond acceptors (Lipinski definition) is 6. The predicted molar refractivity (Wildman–Crippen MR) is 137 cm³/mol. The zero-order chi connectivity index (χ0) is 26.6. The number of hydrogen-bond donors (Lipinski definition) is 2. The number of urea groups is 1. The van der Waals surface area contributed by atoms with Gasteiger partial charge in [0.15, 0.2) is 23.1 Å². The Morgan fingerprint density at radius 1 is 1.03 bits per heavy atom. The monoisotopic (exact) mass is 521 g/mol. The fourth-order valence-corrected chi connectivity index (χ4v) is 4.12. The van der Waals surface area contributed by atoms with Crippen molar-refractivity contribution in [1.29, 1.82) is 0 Å². The molecule has 0 spiro atoms. The van der Waals surface area contributed by atoms with Crippen LogP contribution in [0.15, 0.2) is 60.8 Å². The Morgan fingerprint density at radius 2 is 1.84 bits per heavy atom. The Labute approximate surface area is 217 Å². The summed E-state index contributed by atoms with van der Waals surface area (Å²) in [7, 11) is 0. The minimum atomic E-state index is -0.692. The minimum Gasteiger partial charge on any atom is -0.490 e. The van der Waals surface area contributed by atoms with Crippen LogP contribution in [0, 0.1) is 11.6 Å². The summed E-state index contributed by atoms with van der Waals surface area (Å²) in [6, 6.07) is 12.3. The summed E-state index contributed by atoms with van der Waals surface area (Å²) in [6.45, 7) is 4.72. The standard InChI is InChI=1S/C28H25F2N3O5/c1-3-35-24-15-21-25(27-26(24)36-11-12-37-27)23(9-10-31-21)38-22-8-7-19(14-20(22)30)33-28(34)32-16(2)17-5-4-6-18(29)13-17/h4-10,13-16H,3,11-12H2,1-2H3,(H2,32,33,34). The second kappa shape index (κ2) is 10.8. The Hall–Kier alpha value is -4.60. The smallest absolute Gasteiger partial charge is 0.319 e. The van der Waals surface area contributed by atoms with Crippen LogP contribution < -0.4 is 29.6 Å². The van der Waals surface area contributed by atoms with Gasteiger partial charge in [0, 0.05) is 24.0 Å². The van der Waals surface area contributed by atoms with Crippen LogP contribution in [0.3, 0.4) is 0 Å². The molecule has 38 heavy (non-hydrogen) atoms. The molecule has 4 aromatic rings. The van der Waals surface area contributed by atoms with Gasteiger partial charge in [-0.25, -0.2) is 13.6 Å². The van der Waals surface area contributed by atoms with Gasteiger partial charge < -0.3 is 29.6 Å². The van der Waals surface area contributed by atoms with Gasteiger partial charge in [0.25, 0.3) is 0 Å². The second-order valence-corrected chi connectivity index (χ2v) is 8.49. The van der Waals surface area contributed by atoms with Gasteiger partial charge in [0.1, 0.15) is 24.8 Å². The predicted octanol–water partition coefficient (Wildman–Crippen LogP) is 6.36. The molecule has 0 bridgehead atoms. The molecule has 0 radical (unpaired) electrons. The maximum atomic E-state index is 15.0. The lowest BCUT2D eigenvalue weighted by Gasteiger charge is -2.23. The number of rotatable bonds is 7. The lowest BCUT2D eigenvalue weighted by atomic mass is 10.1. The van der Waals surface area contributed by atoms with Crippen LogP contribution >= 0.6 is 0 Å². The van der Waals surface area contributed by atoms with Gasteiger partial charge in [0.05, 0.1) is 23.6 Å². The lowest BCUT2D eigenvalue weighted by molar-refractivity contribution is 0.165. The van der Waals surface area contributed by atoms with Crippen LogP contribution in [0.4, 0.5) is 19.3 Å². The number of carbonyl (C=O) groups is 1. The van der Waals surface area contributed by atoms with Gasteiger partial charge in [-0.1, -0.05) is 12.1 Å². The Balaban J connectivity index is 1.35. The van der Waals surface area contributed by atoms with E-state index in [1.165, 1.54) is 24.3 Å². The van der Waals surface area contributed by atoms with Crippen molar-refractivity contribution in [3.05, 3.63) is 78.0 Å². The minimum absolute atomic E-state index is 0.0593. The quantitative estimate of drug-likeness (QED) is 0.294. The van der Waals surface area contributed by atoms with E-state index in [0.717, 1.165) is 6.07 Å². The van der Waals surface area contributed by atoms with E-state index < -0.39 is 23.7 Å². The van der Waals surface area contributed by atoms with Crippen molar-refractivity contribution in [3.63, 3.8) is 0 Å². The first-order valence-corrected chi connectivity index (χ1v) is 12.1. The highest BCUT2D eigenvalue weighted by atomic mass is 19.1. The molecule has 2 amide bonds. The zero-order valence-electron chi connectivity index (χ0n) is 20.7. The van der Waals surface area contributed by atoms with Gasteiger partial charge >= 0.3 is 6.03 Å².